The van der Waals surface area contributed by atoms with Crippen molar-refractivity contribution in [3.63, 3.8) is 0 Å². The fourth-order valence-electron chi connectivity index (χ4n) is 1.93. The van der Waals surface area contributed by atoms with Crippen LogP contribution in [-0.2, 0) is 11.0 Å². The molecule has 2 aromatic rings. The molecule has 1 amide bonds. The average Bonchev–Trinajstić information content (AvgIpc) is 2.53. The molecule has 0 aromatic heterocycles. The largest absolute Gasteiger partial charge is 0.484 e. The average molecular weight is 338 g/mol. The summed E-state index contributed by atoms with van der Waals surface area (Å²) in [6.45, 7) is -0.291. The van der Waals surface area contributed by atoms with Gasteiger partial charge in [0.05, 0.1) is 5.56 Å². The molecular formula is C17H17F3N2O2. The number of benzene rings is 2. The minimum Gasteiger partial charge on any atom is -0.484 e. The third kappa shape index (κ3) is 4.91. The molecule has 0 unspecified atom stereocenters. The van der Waals surface area contributed by atoms with Crippen molar-refractivity contribution < 1.29 is 22.7 Å². The Morgan fingerprint density at radius 2 is 1.62 bits per heavy atom. The molecule has 4 nitrogen and oxygen atoms in total. The summed E-state index contributed by atoms with van der Waals surface area (Å²) in [5, 5.41) is 2.65. The molecule has 128 valence electrons. The Balaban J connectivity index is 1.86. The van der Waals surface area contributed by atoms with E-state index in [-0.39, 0.29) is 12.4 Å². The van der Waals surface area contributed by atoms with Crippen LogP contribution in [0.5, 0.6) is 5.75 Å². The van der Waals surface area contributed by atoms with Gasteiger partial charge >= 0.3 is 6.18 Å². The lowest BCUT2D eigenvalue weighted by atomic mass is 10.2. The number of hydrogen-bond acceptors (Lipinski definition) is 3. The van der Waals surface area contributed by atoms with Crippen LogP contribution >= 0.6 is 0 Å². The van der Waals surface area contributed by atoms with Crippen LogP contribution in [0, 0.1) is 0 Å². The highest BCUT2D eigenvalue weighted by molar-refractivity contribution is 5.92. The van der Waals surface area contributed by atoms with Gasteiger partial charge in [0.25, 0.3) is 5.91 Å². The first-order valence-corrected chi connectivity index (χ1v) is 7.13. The molecule has 0 saturated heterocycles. The first kappa shape index (κ1) is 17.7. The first-order chi connectivity index (χ1) is 11.3. The SMILES string of the molecule is CN(C)c1ccc(NC(=O)COc2ccc(C(F)(F)F)cc2)cc1. The van der Waals surface area contributed by atoms with Gasteiger partial charge in [-0.15, -0.1) is 0 Å². The van der Waals surface area contributed by atoms with E-state index in [0.29, 0.717) is 5.69 Å². The molecule has 0 bridgehead atoms. The predicted octanol–water partition coefficient (Wildman–Crippen LogP) is 3.79. The zero-order valence-corrected chi connectivity index (χ0v) is 13.2. The molecule has 0 aliphatic heterocycles. The predicted molar refractivity (Wildman–Crippen MR) is 86.3 cm³/mol. The third-order valence-corrected chi connectivity index (χ3v) is 3.22. The summed E-state index contributed by atoms with van der Waals surface area (Å²) in [7, 11) is 3.82. The number of carbonyl (C=O) groups is 1. The first-order valence-electron chi connectivity index (χ1n) is 7.13. The molecule has 0 atom stereocenters. The van der Waals surface area contributed by atoms with Gasteiger partial charge in [0, 0.05) is 25.5 Å². The molecule has 0 heterocycles. The maximum absolute atomic E-state index is 12.4. The second kappa shape index (κ2) is 7.25. The molecular weight excluding hydrogens is 321 g/mol. The topological polar surface area (TPSA) is 41.6 Å². The molecule has 0 aliphatic rings. The van der Waals surface area contributed by atoms with E-state index in [9.17, 15) is 18.0 Å². The van der Waals surface area contributed by atoms with Crippen molar-refractivity contribution in [1.82, 2.24) is 0 Å². The highest BCUT2D eigenvalue weighted by Gasteiger charge is 2.30. The van der Waals surface area contributed by atoms with Gasteiger partial charge in [0.1, 0.15) is 5.75 Å². The summed E-state index contributed by atoms with van der Waals surface area (Å²) in [6.07, 6.45) is -4.39. The van der Waals surface area contributed by atoms with Crippen LogP contribution in [0.1, 0.15) is 5.56 Å². The molecule has 2 aromatic carbocycles. The normalized spacial score (nSPS) is 11.0. The van der Waals surface area contributed by atoms with E-state index >= 15 is 0 Å². The van der Waals surface area contributed by atoms with E-state index in [0.717, 1.165) is 17.8 Å². The van der Waals surface area contributed by atoms with Crippen LogP contribution in [0.15, 0.2) is 48.5 Å². The standard InChI is InChI=1S/C17H17F3N2O2/c1-22(2)14-7-5-13(6-8-14)21-16(23)11-24-15-9-3-12(4-10-15)17(18,19)20/h3-10H,11H2,1-2H3,(H,21,23). The number of halogens is 3. The van der Waals surface area contributed by atoms with Crippen LogP contribution in [0.25, 0.3) is 0 Å². The van der Waals surface area contributed by atoms with Gasteiger partial charge in [0.15, 0.2) is 6.61 Å². The van der Waals surface area contributed by atoms with Crippen molar-refractivity contribution >= 4 is 17.3 Å². The van der Waals surface area contributed by atoms with Crippen molar-refractivity contribution in [2.75, 3.05) is 30.9 Å². The minimum absolute atomic E-state index is 0.195. The molecule has 0 fully saturated rings. The van der Waals surface area contributed by atoms with Gasteiger partial charge in [-0.3, -0.25) is 4.79 Å². The molecule has 24 heavy (non-hydrogen) atoms. The number of carbonyl (C=O) groups excluding carboxylic acids is 1. The number of rotatable bonds is 5. The monoisotopic (exact) mass is 338 g/mol. The molecule has 7 heteroatoms. The van der Waals surface area contributed by atoms with Crippen LogP contribution in [-0.4, -0.2) is 26.6 Å². The van der Waals surface area contributed by atoms with Crippen LogP contribution in [0.4, 0.5) is 24.5 Å². The van der Waals surface area contributed by atoms with Crippen molar-refractivity contribution in [3.8, 4) is 5.75 Å². The smallest absolute Gasteiger partial charge is 0.416 e. The highest BCUT2D eigenvalue weighted by atomic mass is 19.4. The lowest BCUT2D eigenvalue weighted by molar-refractivity contribution is -0.137. The Hall–Kier alpha value is -2.70. The number of hydrogen-bond donors (Lipinski definition) is 1. The van der Waals surface area contributed by atoms with Gasteiger partial charge in [-0.2, -0.15) is 13.2 Å². The quantitative estimate of drug-likeness (QED) is 0.902. The fraction of sp³-hybridized carbons (Fsp3) is 0.235. The molecule has 1 N–H and O–H groups in total. The van der Waals surface area contributed by atoms with E-state index in [1.807, 2.05) is 31.1 Å². The van der Waals surface area contributed by atoms with E-state index in [2.05, 4.69) is 5.32 Å². The van der Waals surface area contributed by atoms with Crippen LogP contribution < -0.4 is 15.0 Å². The Bertz CT molecular complexity index is 680. The van der Waals surface area contributed by atoms with E-state index in [1.54, 1.807) is 12.1 Å². The van der Waals surface area contributed by atoms with Gasteiger partial charge in [-0.05, 0) is 48.5 Å². The van der Waals surface area contributed by atoms with Gasteiger partial charge < -0.3 is 15.0 Å². The number of anilines is 2. The number of nitrogens with zero attached hydrogens (tertiary/aromatic N) is 1. The summed E-state index contributed by atoms with van der Waals surface area (Å²) in [5.74, 6) is -0.200. The van der Waals surface area contributed by atoms with Gasteiger partial charge in [-0.25, -0.2) is 0 Å². The molecule has 0 saturated carbocycles. The highest BCUT2D eigenvalue weighted by Crippen LogP contribution is 2.30. The number of amides is 1. The Morgan fingerprint density at radius 1 is 1.04 bits per heavy atom. The lowest BCUT2D eigenvalue weighted by Gasteiger charge is -2.13. The summed E-state index contributed by atoms with van der Waals surface area (Å²) < 4.78 is 42.5. The number of nitrogens with one attached hydrogen (secondary N) is 1. The van der Waals surface area contributed by atoms with Crippen molar-refractivity contribution in [2.24, 2.45) is 0 Å². The zero-order valence-electron chi connectivity index (χ0n) is 13.2. The molecule has 0 aliphatic carbocycles. The van der Waals surface area contributed by atoms with Crippen molar-refractivity contribution in [1.29, 1.82) is 0 Å². The fourth-order valence-corrected chi connectivity index (χ4v) is 1.93. The molecule has 0 spiro atoms. The lowest BCUT2D eigenvalue weighted by Crippen LogP contribution is -2.20. The number of alkyl halides is 3. The summed E-state index contributed by atoms with van der Waals surface area (Å²) in [4.78, 5) is 13.7. The second-order valence-electron chi connectivity index (χ2n) is 5.30. The summed E-state index contributed by atoms with van der Waals surface area (Å²) in [6, 6.07) is 11.4. The van der Waals surface area contributed by atoms with Crippen molar-refractivity contribution in [2.45, 2.75) is 6.18 Å². The van der Waals surface area contributed by atoms with E-state index < -0.39 is 17.6 Å². The molecule has 2 rings (SSSR count). The summed E-state index contributed by atoms with van der Waals surface area (Å²) in [5.41, 5.74) is 0.843. The maximum atomic E-state index is 12.4. The third-order valence-electron chi connectivity index (χ3n) is 3.22. The Kier molecular flexibility index (Phi) is 5.33. The second-order valence-corrected chi connectivity index (χ2v) is 5.30. The Morgan fingerprint density at radius 3 is 2.12 bits per heavy atom. The van der Waals surface area contributed by atoms with Gasteiger partial charge in [-0.1, -0.05) is 0 Å². The zero-order chi connectivity index (χ0) is 17.7. The van der Waals surface area contributed by atoms with Crippen LogP contribution in [0.3, 0.4) is 0 Å². The molecule has 0 radical (unpaired) electrons. The van der Waals surface area contributed by atoms with Crippen molar-refractivity contribution in [3.05, 3.63) is 54.1 Å². The Labute approximate surface area is 137 Å². The maximum Gasteiger partial charge on any atom is 0.416 e. The summed E-state index contributed by atoms with van der Waals surface area (Å²) >= 11 is 0. The van der Waals surface area contributed by atoms with Crippen LogP contribution in [0.2, 0.25) is 0 Å². The number of ether oxygens (including phenoxy) is 1. The minimum atomic E-state index is -4.39. The van der Waals surface area contributed by atoms with Gasteiger partial charge in [0.2, 0.25) is 0 Å². The van der Waals surface area contributed by atoms with E-state index in [4.69, 9.17) is 4.74 Å². The van der Waals surface area contributed by atoms with E-state index in [1.165, 1.54) is 12.1 Å².